The molecule has 15 nitrogen and oxygen atoms in total. The van der Waals surface area contributed by atoms with Gasteiger partial charge >= 0.3 is 5.97 Å². The van der Waals surface area contributed by atoms with Gasteiger partial charge in [0.25, 0.3) is 11.8 Å². The molecule has 0 saturated heterocycles. The Morgan fingerprint density at radius 2 is 1.12 bits per heavy atom. The molecule has 0 rings (SSSR count). The predicted molar refractivity (Wildman–Crippen MR) is 117 cm³/mol. The zero-order valence-electron chi connectivity index (χ0n) is 19.6. The molecular formula is C19H33N7O8. The summed E-state index contributed by atoms with van der Waals surface area (Å²) in [5.41, 5.74) is 5.65. The Hall–Kier alpha value is -3.27. The average Bonchev–Trinajstić information content (AvgIpc) is 2.81. The highest BCUT2D eigenvalue weighted by molar-refractivity contribution is 5.94. The number of esters is 1. The second-order valence-corrected chi connectivity index (χ2v) is 7.39. The second-order valence-electron chi connectivity index (χ2n) is 7.39. The molecule has 0 aliphatic heterocycles. The lowest BCUT2D eigenvalue weighted by Gasteiger charge is -2.26. The summed E-state index contributed by atoms with van der Waals surface area (Å²) in [6.07, 6.45) is -2.68. The van der Waals surface area contributed by atoms with Gasteiger partial charge in [0, 0.05) is 0 Å². The number of methoxy groups -OCH3 is 1. The number of rotatable bonds is 16. The van der Waals surface area contributed by atoms with Crippen LogP contribution in [0.5, 0.6) is 0 Å². The van der Waals surface area contributed by atoms with Gasteiger partial charge in [0.2, 0.25) is 5.91 Å². The molecule has 0 bridgehead atoms. The van der Waals surface area contributed by atoms with Gasteiger partial charge in [-0.2, -0.15) is 0 Å². The van der Waals surface area contributed by atoms with Crippen molar-refractivity contribution in [3.05, 3.63) is 0 Å². The van der Waals surface area contributed by atoms with Gasteiger partial charge in [0.15, 0.2) is 12.3 Å². The SMILES string of the molecule is COC(=O)[C@H](NC(=O)[C@H](C)NC(=O)[C@H](NC(=O)[C@@H](N)N[C@@H](C)C=O)N[C@@H](C)C=O)N[C@@H](C)C=O. The van der Waals surface area contributed by atoms with Crippen molar-refractivity contribution in [2.75, 3.05) is 7.11 Å². The zero-order valence-corrected chi connectivity index (χ0v) is 19.6. The van der Waals surface area contributed by atoms with E-state index in [-0.39, 0.29) is 0 Å². The van der Waals surface area contributed by atoms with E-state index < -0.39 is 66.4 Å². The molecule has 0 unspecified atom stereocenters. The Morgan fingerprint density at radius 1 is 0.676 bits per heavy atom. The number of ether oxygens (including phenoxy) is 1. The maximum Gasteiger partial charge on any atom is 0.343 e. The first-order valence-corrected chi connectivity index (χ1v) is 10.3. The molecular weight excluding hydrogens is 454 g/mol. The van der Waals surface area contributed by atoms with E-state index in [1.807, 2.05) is 0 Å². The minimum atomic E-state index is -1.48. The monoisotopic (exact) mass is 487 g/mol. The van der Waals surface area contributed by atoms with Crippen LogP contribution in [0.3, 0.4) is 0 Å². The minimum Gasteiger partial charge on any atom is -0.466 e. The van der Waals surface area contributed by atoms with Crippen LogP contribution in [0.2, 0.25) is 0 Å². The maximum absolute atomic E-state index is 12.7. The number of hydrogen-bond acceptors (Lipinski definition) is 12. The Labute approximate surface area is 196 Å². The van der Waals surface area contributed by atoms with Gasteiger partial charge in [-0.25, -0.2) is 4.79 Å². The highest BCUT2D eigenvalue weighted by Crippen LogP contribution is 1.93. The van der Waals surface area contributed by atoms with Crippen LogP contribution < -0.4 is 37.6 Å². The molecule has 0 heterocycles. The topological polar surface area (TPSA) is 227 Å². The van der Waals surface area contributed by atoms with E-state index in [0.717, 1.165) is 7.11 Å². The molecule has 8 N–H and O–H groups in total. The first-order valence-electron chi connectivity index (χ1n) is 10.3. The van der Waals surface area contributed by atoms with Gasteiger partial charge < -0.3 is 40.8 Å². The number of nitrogens with one attached hydrogen (secondary N) is 6. The molecule has 192 valence electrons. The standard InChI is InChI=1S/C19H33N7O8/c1-9(6-27)21-13(20)17(31)25-14(22-10(2)7-28)18(32)24-12(4)16(30)26-15(19(33)34-5)23-11(3)8-29/h6-15,21-23H,20H2,1-5H3,(H,24,32)(H,25,31)(H,26,30)/t9-,10-,11-,12-,13-,14-,15-/m0/s1. The second kappa shape index (κ2) is 15.5. The number of amides is 3. The van der Waals surface area contributed by atoms with Crippen molar-refractivity contribution in [2.24, 2.45) is 5.73 Å². The van der Waals surface area contributed by atoms with Crippen molar-refractivity contribution in [3.63, 3.8) is 0 Å². The Balaban J connectivity index is 5.31. The van der Waals surface area contributed by atoms with Gasteiger partial charge in [-0.15, -0.1) is 0 Å². The molecule has 15 heteroatoms. The van der Waals surface area contributed by atoms with Gasteiger partial charge in [0.1, 0.15) is 31.1 Å². The molecule has 0 aromatic heterocycles. The predicted octanol–water partition coefficient (Wildman–Crippen LogP) is -4.64. The number of hydrogen-bond donors (Lipinski definition) is 7. The van der Waals surface area contributed by atoms with Crippen LogP contribution >= 0.6 is 0 Å². The lowest BCUT2D eigenvalue weighted by atomic mass is 10.2. The molecule has 0 aromatic rings. The van der Waals surface area contributed by atoms with Crippen LogP contribution in [0.15, 0.2) is 0 Å². The summed E-state index contributed by atoms with van der Waals surface area (Å²) in [6, 6.07) is -3.61. The van der Waals surface area contributed by atoms with E-state index in [0.29, 0.717) is 18.9 Å². The number of aldehydes is 3. The summed E-state index contributed by atoms with van der Waals surface area (Å²) >= 11 is 0. The first kappa shape index (κ1) is 30.7. The van der Waals surface area contributed by atoms with E-state index in [2.05, 4.69) is 36.6 Å². The minimum absolute atomic E-state index is 0.482. The molecule has 0 spiro atoms. The largest absolute Gasteiger partial charge is 0.466 e. The summed E-state index contributed by atoms with van der Waals surface area (Å²) in [5, 5.41) is 14.5. The first-order chi connectivity index (χ1) is 15.9. The van der Waals surface area contributed by atoms with Crippen LogP contribution in [-0.2, 0) is 38.3 Å². The van der Waals surface area contributed by atoms with Gasteiger partial charge in [0.05, 0.1) is 25.2 Å². The Bertz CT molecular complexity index is 750. The molecule has 0 aliphatic rings. The third-order valence-corrected chi connectivity index (χ3v) is 4.22. The lowest BCUT2D eigenvalue weighted by Crippen LogP contribution is -2.64. The summed E-state index contributed by atoms with van der Waals surface area (Å²) < 4.78 is 4.57. The van der Waals surface area contributed by atoms with Gasteiger partial charge in [-0.05, 0) is 27.7 Å². The zero-order chi connectivity index (χ0) is 26.4. The summed E-state index contributed by atoms with van der Waals surface area (Å²) in [4.78, 5) is 81.9. The van der Waals surface area contributed by atoms with E-state index >= 15 is 0 Å². The van der Waals surface area contributed by atoms with Crippen molar-refractivity contribution < 1.29 is 38.3 Å². The average molecular weight is 488 g/mol. The number of nitrogens with two attached hydrogens (primary N) is 1. The summed E-state index contributed by atoms with van der Waals surface area (Å²) in [7, 11) is 1.09. The third-order valence-electron chi connectivity index (χ3n) is 4.22. The van der Waals surface area contributed by atoms with Crippen LogP contribution in [0.1, 0.15) is 27.7 Å². The maximum atomic E-state index is 12.7. The highest BCUT2D eigenvalue weighted by Gasteiger charge is 2.30. The molecule has 7 atom stereocenters. The van der Waals surface area contributed by atoms with E-state index in [1.165, 1.54) is 27.7 Å². The van der Waals surface area contributed by atoms with Crippen LogP contribution in [0.4, 0.5) is 0 Å². The molecule has 0 radical (unpaired) electrons. The van der Waals surface area contributed by atoms with Crippen LogP contribution in [-0.4, -0.2) is 92.3 Å². The lowest BCUT2D eigenvalue weighted by molar-refractivity contribution is -0.146. The Kier molecular flexibility index (Phi) is 14.1. The summed E-state index contributed by atoms with van der Waals surface area (Å²) in [5.74, 6) is -3.46. The van der Waals surface area contributed by atoms with Crippen molar-refractivity contribution in [2.45, 2.75) is 70.4 Å². The van der Waals surface area contributed by atoms with Gasteiger partial charge in [-0.1, -0.05) is 0 Å². The molecule has 0 aliphatic carbocycles. The van der Waals surface area contributed by atoms with Crippen LogP contribution in [0, 0.1) is 0 Å². The fraction of sp³-hybridized carbons (Fsp3) is 0.632. The van der Waals surface area contributed by atoms with Crippen LogP contribution in [0.25, 0.3) is 0 Å². The van der Waals surface area contributed by atoms with Crippen molar-refractivity contribution in [1.29, 1.82) is 0 Å². The number of carbonyl (C=O) groups excluding carboxylic acids is 7. The highest BCUT2D eigenvalue weighted by atomic mass is 16.5. The molecule has 34 heavy (non-hydrogen) atoms. The van der Waals surface area contributed by atoms with Crippen molar-refractivity contribution in [3.8, 4) is 0 Å². The smallest absolute Gasteiger partial charge is 0.343 e. The van der Waals surface area contributed by atoms with E-state index in [4.69, 9.17) is 5.73 Å². The quantitative estimate of drug-likeness (QED) is 0.0619. The van der Waals surface area contributed by atoms with E-state index in [1.54, 1.807) is 0 Å². The molecule has 0 saturated carbocycles. The molecule has 3 amide bonds. The molecule has 0 aromatic carbocycles. The van der Waals surface area contributed by atoms with Crippen molar-refractivity contribution >= 4 is 42.5 Å². The normalized spacial score (nSPS) is 16.9. The number of carbonyl (C=O) groups is 7. The van der Waals surface area contributed by atoms with Gasteiger partial charge in [-0.3, -0.25) is 30.3 Å². The fourth-order valence-corrected chi connectivity index (χ4v) is 2.33. The Morgan fingerprint density at radius 3 is 1.59 bits per heavy atom. The fourth-order valence-electron chi connectivity index (χ4n) is 2.33. The van der Waals surface area contributed by atoms with E-state index in [9.17, 15) is 33.6 Å². The third kappa shape index (κ3) is 11.0. The van der Waals surface area contributed by atoms with Crippen molar-refractivity contribution in [1.82, 2.24) is 31.9 Å². The molecule has 0 fully saturated rings. The summed E-state index contributed by atoms with van der Waals surface area (Å²) in [6.45, 7) is 5.63.